The van der Waals surface area contributed by atoms with Crippen LogP contribution in [-0.2, 0) is 26.9 Å². The van der Waals surface area contributed by atoms with E-state index in [1.54, 1.807) is 30.3 Å². The fraction of sp³-hybridized carbons (Fsp3) is 0.263. The number of halogens is 3. The highest BCUT2D eigenvalue weighted by Gasteiger charge is 2.31. The van der Waals surface area contributed by atoms with E-state index >= 15 is 0 Å². The van der Waals surface area contributed by atoms with E-state index in [0.717, 1.165) is 12.1 Å². The number of hydrogen-bond donors (Lipinski definition) is 2. The molecule has 144 valence electrons. The maximum Gasteiger partial charge on any atom is 0.416 e. The lowest BCUT2D eigenvalue weighted by molar-refractivity contribution is -0.137. The Balaban J connectivity index is 2.16. The number of benzene rings is 2. The molecule has 0 bridgehead atoms. The molecule has 0 fully saturated rings. The van der Waals surface area contributed by atoms with Crippen LogP contribution in [0.25, 0.3) is 0 Å². The number of nitrogens with one attached hydrogen (secondary N) is 1. The molecule has 0 saturated heterocycles. The van der Waals surface area contributed by atoms with Gasteiger partial charge in [-0.2, -0.15) is 13.2 Å². The van der Waals surface area contributed by atoms with Crippen LogP contribution in [0.2, 0.25) is 0 Å². The number of rotatable bonds is 7. The third-order valence-electron chi connectivity index (χ3n) is 3.93. The molecule has 27 heavy (non-hydrogen) atoms. The molecule has 8 heteroatoms. The highest BCUT2D eigenvalue weighted by atomic mass is 19.4. The van der Waals surface area contributed by atoms with Gasteiger partial charge in [0.2, 0.25) is 5.91 Å². The van der Waals surface area contributed by atoms with Crippen LogP contribution >= 0.6 is 0 Å². The van der Waals surface area contributed by atoms with E-state index in [0.29, 0.717) is 5.56 Å². The lowest BCUT2D eigenvalue weighted by atomic mass is 10.0. The van der Waals surface area contributed by atoms with Crippen LogP contribution in [0.4, 0.5) is 13.2 Å². The summed E-state index contributed by atoms with van der Waals surface area (Å²) in [5.41, 5.74) is 5.27. The van der Waals surface area contributed by atoms with Crippen molar-refractivity contribution in [3.8, 4) is 0 Å². The lowest BCUT2D eigenvalue weighted by Gasteiger charge is -2.21. The van der Waals surface area contributed by atoms with Crippen molar-refractivity contribution < 1.29 is 27.5 Å². The summed E-state index contributed by atoms with van der Waals surface area (Å²) in [6.45, 7) is 0. The highest BCUT2D eigenvalue weighted by molar-refractivity contribution is 5.89. The molecule has 0 aliphatic carbocycles. The van der Waals surface area contributed by atoms with Gasteiger partial charge in [-0.15, -0.1) is 0 Å². The summed E-state index contributed by atoms with van der Waals surface area (Å²) < 4.78 is 43.7. The van der Waals surface area contributed by atoms with E-state index in [9.17, 15) is 22.8 Å². The summed E-state index contributed by atoms with van der Waals surface area (Å²) in [7, 11) is 1.34. The average Bonchev–Trinajstić information content (AvgIpc) is 2.62. The van der Waals surface area contributed by atoms with Crippen molar-refractivity contribution in [1.82, 2.24) is 5.32 Å². The summed E-state index contributed by atoms with van der Waals surface area (Å²) in [6, 6.07) is 11.9. The number of nitrogens with two attached hydrogens (primary N) is 1. The van der Waals surface area contributed by atoms with Gasteiger partial charge in [-0.1, -0.05) is 48.5 Å². The number of carbonyl (C=O) groups is 2. The van der Waals surface area contributed by atoms with Gasteiger partial charge in [-0.25, -0.2) is 0 Å². The number of methoxy groups -OCH3 is 1. The Labute approximate surface area is 154 Å². The predicted octanol–water partition coefficient (Wildman–Crippen LogP) is 2.61. The minimum Gasteiger partial charge on any atom is -0.368 e. The lowest BCUT2D eigenvalue weighted by Crippen LogP contribution is -2.47. The fourth-order valence-electron chi connectivity index (χ4n) is 2.60. The van der Waals surface area contributed by atoms with E-state index < -0.39 is 35.7 Å². The van der Waals surface area contributed by atoms with Crippen molar-refractivity contribution >= 4 is 11.8 Å². The molecule has 0 unspecified atom stereocenters. The molecule has 2 atom stereocenters. The molecule has 0 aromatic heterocycles. The summed E-state index contributed by atoms with van der Waals surface area (Å²) in [6.07, 6.45) is -5.65. The molecule has 2 amide bonds. The standard InChI is InChI=1S/C19H19F3N2O3/c1-27-16(13-7-3-2-4-8-13)18(26)24-15(17(23)25)11-12-6-5-9-14(10-12)19(20,21)22/h2-10,15-16H,11H2,1H3,(H2,23,25)(H,24,26)/t15-,16+/m1/s1. The fourth-order valence-corrected chi connectivity index (χ4v) is 2.60. The second-order valence-electron chi connectivity index (χ2n) is 5.89. The normalized spacial score (nSPS) is 13.6. The van der Waals surface area contributed by atoms with Gasteiger partial charge < -0.3 is 15.8 Å². The van der Waals surface area contributed by atoms with Crippen LogP contribution in [0.5, 0.6) is 0 Å². The smallest absolute Gasteiger partial charge is 0.368 e. The van der Waals surface area contributed by atoms with Crippen molar-refractivity contribution in [2.75, 3.05) is 7.11 Å². The quantitative estimate of drug-likeness (QED) is 0.775. The predicted molar refractivity (Wildman–Crippen MR) is 92.5 cm³/mol. The number of amides is 2. The Hall–Kier alpha value is -2.87. The largest absolute Gasteiger partial charge is 0.416 e. The van der Waals surface area contributed by atoms with Crippen molar-refractivity contribution in [3.63, 3.8) is 0 Å². The van der Waals surface area contributed by atoms with Crippen molar-refractivity contribution in [1.29, 1.82) is 0 Å². The number of ether oxygens (including phenoxy) is 1. The van der Waals surface area contributed by atoms with E-state index in [1.165, 1.54) is 19.2 Å². The first kappa shape index (κ1) is 20.4. The van der Waals surface area contributed by atoms with Gasteiger partial charge in [0, 0.05) is 13.5 Å². The van der Waals surface area contributed by atoms with Gasteiger partial charge in [0.25, 0.3) is 5.91 Å². The SMILES string of the molecule is CO[C@H](C(=O)N[C@H](Cc1cccc(C(F)(F)F)c1)C(N)=O)c1ccccc1. The Morgan fingerprint density at radius 1 is 1.11 bits per heavy atom. The molecule has 0 spiro atoms. The molecule has 5 nitrogen and oxygen atoms in total. The first-order valence-electron chi connectivity index (χ1n) is 8.06. The Kier molecular flexibility index (Phi) is 6.57. The summed E-state index contributed by atoms with van der Waals surface area (Å²) in [5, 5.41) is 2.45. The number of primary amides is 1. The van der Waals surface area contributed by atoms with Gasteiger partial charge in [-0.3, -0.25) is 9.59 Å². The van der Waals surface area contributed by atoms with Crippen LogP contribution < -0.4 is 11.1 Å². The first-order chi connectivity index (χ1) is 12.7. The summed E-state index contributed by atoms with van der Waals surface area (Å²) in [4.78, 5) is 24.2. The van der Waals surface area contributed by atoms with Crippen LogP contribution in [0.3, 0.4) is 0 Å². The second-order valence-corrected chi connectivity index (χ2v) is 5.89. The minimum absolute atomic E-state index is 0.170. The molecule has 0 aliphatic rings. The first-order valence-corrected chi connectivity index (χ1v) is 8.06. The van der Waals surface area contributed by atoms with Crippen LogP contribution in [0.15, 0.2) is 54.6 Å². The number of hydrogen-bond acceptors (Lipinski definition) is 3. The molecule has 0 radical (unpaired) electrons. The number of carbonyl (C=O) groups excluding carboxylic acids is 2. The monoisotopic (exact) mass is 380 g/mol. The summed E-state index contributed by atoms with van der Waals surface area (Å²) in [5.74, 6) is -1.47. The van der Waals surface area contributed by atoms with E-state index in [-0.39, 0.29) is 12.0 Å². The Morgan fingerprint density at radius 3 is 2.33 bits per heavy atom. The molecular weight excluding hydrogens is 361 g/mol. The zero-order valence-electron chi connectivity index (χ0n) is 14.5. The van der Waals surface area contributed by atoms with Crippen LogP contribution in [0.1, 0.15) is 22.8 Å². The molecule has 2 aromatic carbocycles. The van der Waals surface area contributed by atoms with Crippen molar-refractivity contribution in [2.24, 2.45) is 5.73 Å². The van der Waals surface area contributed by atoms with Gasteiger partial charge in [0.15, 0.2) is 6.10 Å². The molecular formula is C19H19F3N2O3. The van der Waals surface area contributed by atoms with E-state index in [2.05, 4.69) is 5.32 Å². The van der Waals surface area contributed by atoms with E-state index in [4.69, 9.17) is 10.5 Å². The Bertz CT molecular complexity index is 794. The Morgan fingerprint density at radius 2 is 1.78 bits per heavy atom. The molecule has 0 aliphatic heterocycles. The minimum atomic E-state index is -4.50. The maximum atomic E-state index is 12.8. The molecule has 2 aromatic rings. The topological polar surface area (TPSA) is 81.4 Å². The molecule has 2 rings (SSSR count). The third-order valence-corrected chi connectivity index (χ3v) is 3.93. The third kappa shape index (κ3) is 5.55. The maximum absolute atomic E-state index is 12.8. The summed E-state index contributed by atoms with van der Waals surface area (Å²) >= 11 is 0. The van der Waals surface area contributed by atoms with Crippen LogP contribution in [-0.4, -0.2) is 25.0 Å². The zero-order chi connectivity index (χ0) is 20.0. The van der Waals surface area contributed by atoms with Gasteiger partial charge in [-0.05, 0) is 17.2 Å². The average molecular weight is 380 g/mol. The molecule has 0 heterocycles. The molecule has 0 saturated carbocycles. The van der Waals surface area contributed by atoms with Gasteiger partial charge in [0.05, 0.1) is 5.56 Å². The van der Waals surface area contributed by atoms with Crippen LogP contribution in [0, 0.1) is 0 Å². The molecule has 3 N–H and O–H groups in total. The van der Waals surface area contributed by atoms with Crippen molar-refractivity contribution in [3.05, 3.63) is 71.3 Å². The van der Waals surface area contributed by atoms with Crippen molar-refractivity contribution in [2.45, 2.75) is 24.7 Å². The van der Waals surface area contributed by atoms with Gasteiger partial charge >= 0.3 is 6.18 Å². The highest BCUT2D eigenvalue weighted by Crippen LogP contribution is 2.29. The van der Waals surface area contributed by atoms with Gasteiger partial charge in [0.1, 0.15) is 6.04 Å². The number of alkyl halides is 3. The van der Waals surface area contributed by atoms with E-state index in [1.807, 2.05) is 0 Å². The second kappa shape index (κ2) is 8.68. The zero-order valence-corrected chi connectivity index (χ0v) is 14.5.